The molecule has 1 atom stereocenters. The van der Waals surface area contributed by atoms with Gasteiger partial charge in [0.1, 0.15) is 0 Å². The molecule has 0 heterocycles. The number of carbonyl (C=O) groups is 2. The average molecular weight is 196 g/mol. The fraction of sp³-hybridized carbons (Fsp3) is 0.636. The number of ketones is 1. The van der Waals surface area contributed by atoms with Gasteiger partial charge in [0.05, 0.1) is 0 Å². The summed E-state index contributed by atoms with van der Waals surface area (Å²) in [5.41, 5.74) is 0.0311. The molecule has 0 aromatic rings. The summed E-state index contributed by atoms with van der Waals surface area (Å²) in [6.07, 6.45) is 6.76. The van der Waals surface area contributed by atoms with Crippen LogP contribution in [-0.2, 0) is 9.59 Å². The number of carboxylic acids is 1. The molecular formula is C11H16O3. The summed E-state index contributed by atoms with van der Waals surface area (Å²) < 4.78 is 0. The highest BCUT2D eigenvalue weighted by molar-refractivity contribution is 5.90. The Morgan fingerprint density at radius 1 is 1.64 bits per heavy atom. The average Bonchev–Trinajstić information content (AvgIpc) is 2.10. The first kappa shape index (κ1) is 11.0. The molecular weight excluding hydrogens is 180 g/mol. The van der Waals surface area contributed by atoms with Crippen LogP contribution in [-0.4, -0.2) is 16.9 Å². The van der Waals surface area contributed by atoms with Crippen LogP contribution in [0.15, 0.2) is 12.2 Å². The first-order valence-electron chi connectivity index (χ1n) is 4.96. The van der Waals surface area contributed by atoms with Crippen LogP contribution in [0.1, 0.15) is 39.0 Å². The van der Waals surface area contributed by atoms with E-state index in [1.165, 1.54) is 0 Å². The number of hydrogen-bond acceptors (Lipinski definition) is 2. The molecule has 0 fully saturated rings. The summed E-state index contributed by atoms with van der Waals surface area (Å²) in [6, 6.07) is 0. The van der Waals surface area contributed by atoms with E-state index < -0.39 is 5.97 Å². The lowest BCUT2D eigenvalue weighted by molar-refractivity contribution is -0.137. The molecule has 1 aliphatic carbocycles. The predicted octanol–water partition coefficient (Wildman–Crippen LogP) is 2.17. The molecule has 3 nitrogen and oxygen atoms in total. The standard InChI is InChI=1S/C11H16O3/c1-11(6-2-3-10(13)14)7-4-9(12)5-8-11/h4,7H,2-3,5-6,8H2,1H3,(H,13,14). The molecule has 0 aromatic carbocycles. The minimum Gasteiger partial charge on any atom is -0.481 e. The first-order valence-corrected chi connectivity index (χ1v) is 4.96. The molecule has 0 aliphatic heterocycles. The van der Waals surface area contributed by atoms with Crippen molar-refractivity contribution in [3.8, 4) is 0 Å². The second-order valence-corrected chi connectivity index (χ2v) is 4.20. The minimum absolute atomic E-state index is 0.0311. The highest BCUT2D eigenvalue weighted by Crippen LogP contribution is 2.34. The molecule has 1 unspecified atom stereocenters. The van der Waals surface area contributed by atoms with E-state index in [4.69, 9.17) is 5.11 Å². The fourth-order valence-electron chi connectivity index (χ4n) is 1.72. The van der Waals surface area contributed by atoms with E-state index in [1.54, 1.807) is 6.08 Å². The lowest BCUT2D eigenvalue weighted by Crippen LogP contribution is -2.19. The third kappa shape index (κ3) is 3.32. The quantitative estimate of drug-likeness (QED) is 0.749. The molecule has 0 bridgehead atoms. The van der Waals surface area contributed by atoms with Crippen molar-refractivity contribution in [2.24, 2.45) is 5.41 Å². The smallest absolute Gasteiger partial charge is 0.303 e. The molecule has 0 spiro atoms. The van der Waals surface area contributed by atoms with Crippen molar-refractivity contribution in [3.05, 3.63) is 12.2 Å². The van der Waals surface area contributed by atoms with Gasteiger partial charge < -0.3 is 5.11 Å². The molecule has 3 heteroatoms. The van der Waals surface area contributed by atoms with Gasteiger partial charge in [0.2, 0.25) is 0 Å². The summed E-state index contributed by atoms with van der Waals surface area (Å²) in [4.78, 5) is 21.3. The number of aliphatic carboxylic acids is 1. The van der Waals surface area contributed by atoms with Crippen molar-refractivity contribution in [2.45, 2.75) is 39.0 Å². The number of carbonyl (C=O) groups excluding carboxylic acids is 1. The van der Waals surface area contributed by atoms with E-state index in [0.29, 0.717) is 12.8 Å². The zero-order valence-electron chi connectivity index (χ0n) is 8.45. The van der Waals surface area contributed by atoms with E-state index in [0.717, 1.165) is 12.8 Å². The normalized spacial score (nSPS) is 26.5. The van der Waals surface area contributed by atoms with Crippen LogP contribution < -0.4 is 0 Å². The Labute approximate surface area is 83.8 Å². The summed E-state index contributed by atoms with van der Waals surface area (Å²) in [7, 11) is 0. The molecule has 78 valence electrons. The van der Waals surface area contributed by atoms with Gasteiger partial charge in [0.25, 0.3) is 0 Å². The van der Waals surface area contributed by atoms with Crippen molar-refractivity contribution < 1.29 is 14.7 Å². The second kappa shape index (κ2) is 4.40. The van der Waals surface area contributed by atoms with Crippen LogP contribution in [0.3, 0.4) is 0 Å². The summed E-state index contributed by atoms with van der Waals surface area (Å²) in [5.74, 6) is -0.565. The Bertz CT molecular complexity index is 268. The summed E-state index contributed by atoms with van der Waals surface area (Å²) >= 11 is 0. The number of rotatable bonds is 4. The lowest BCUT2D eigenvalue weighted by atomic mass is 9.77. The lowest BCUT2D eigenvalue weighted by Gasteiger charge is -2.28. The van der Waals surface area contributed by atoms with Crippen molar-refractivity contribution in [1.82, 2.24) is 0 Å². The second-order valence-electron chi connectivity index (χ2n) is 4.20. The zero-order valence-corrected chi connectivity index (χ0v) is 8.45. The maximum absolute atomic E-state index is 11.0. The molecule has 0 saturated carbocycles. The van der Waals surface area contributed by atoms with Gasteiger partial charge in [0, 0.05) is 12.8 Å². The molecule has 1 N–H and O–H groups in total. The van der Waals surface area contributed by atoms with Gasteiger partial charge in [0.15, 0.2) is 5.78 Å². The minimum atomic E-state index is -0.746. The maximum atomic E-state index is 11.0. The molecule has 0 saturated heterocycles. The molecule has 0 aromatic heterocycles. The van der Waals surface area contributed by atoms with Crippen LogP contribution >= 0.6 is 0 Å². The van der Waals surface area contributed by atoms with E-state index >= 15 is 0 Å². The van der Waals surface area contributed by atoms with Crippen molar-refractivity contribution in [2.75, 3.05) is 0 Å². The van der Waals surface area contributed by atoms with Gasteiger partial charge in [-0.1, -0.05) is 13.0 Å². The molecule has 1 aliphatic rings. The molecule has 1 rings (SSSR count). The van der Waals surface area contributed by atoms with Crippen LogP contribution in [0.5, 0.6) is 0 Å². The van der Waals surface area contributed by atoms with Gasteiger partial charge >= 0.3 is 5.97 Å². The van der Waals surface area contributed by atoms with Crippen molar-refractivity contribution in [1.29, 1.82) is 0 Å². The Kier molecular flexibility index (Phi) is 3.44. The fourth-order valence-corrected chi connectivity index (χ4v) is 1.72. The van der Waals surface area contributed by atoms with E-state index in [2.05, 4.69) is 6.92 Å². The van der Waals surface area contributed by atoms with Crippen LogP contribution in [0.25, 0.3) is 0 Å². The summed E-state index contributed by atoms with van der Waals surface area (Å²) in [5, 5.41) is 8.50. The number of allylic oxidation sites excluding steroid dienone is 2. The topological polar surface area (TPSA) is 54.4 Å². The Morgan fingerprint density at radius 3 is 2.86 bits per heavy atom. The number of carboxylic acid groups (broad SMARTS) is 1. The van der Waals surface area contributed by atoms with E-state index in [1.807, 2.05) is 6.08 Å². The van der Waals surface area contributed by atoms with Gasteiger partial charge in [-0.15, -0.1) is 0 Å². The monoisotopic (exact) mass is 196 g/mol. The van der Waals surface area contributed by atoms with Crippen molar-refractivity contribution in [3.63, 3.8) is 0 Å². The van der Waals surface area contributed by atoms with Crippen LogP contribution in [0.2, 0.25) is 0 Å². The third-order valence-electron chi connectivity index (χ3n) is 2.75. The maximum Gasteiger partial charge on any atom is 0.303 e. The third-order valence-corrected chi connectivity index (χ3v) is 2.75. The molecule has 0 amide bonds. The highest BCUT2D eigenvalue weighted by Gasteiger charge is 2.25. The zero-order chi connectivity index (χ0) is 10.6. The van der Waals surface area contributed by atoms with Gasteiger partial charge in [-0.05, 0) is 30.8 Å². The Morgan fingerprint density at radius 2 is 2.36 bits per heavy atom. The Hall–Kier alpha value is -1.12. The van der Waals surface area contributed by atoms with Gasteiger partial charge in [-0.2, -0.15) is 0 Å². The molecule has 14 heavy (non-hydrogen) atoms. The number of hydrogen-bond donors (Lipinski definition) is 1. The van der Waals surface area contributed by atoms with Gasteiger partial charge in [-0.3, -0.25) is 9.59 Å². The SMILES string of the molecule is CC1(CCCC(=O)O)C=CC(=O)CC1. The largest absolute Gasteiger partial charge is 0.481 e. The van der Waals surface area contributed by atoms with Crippen LogP contribution in [0, 0.1) is 5.41 Å². The summed E-state index contributed by atoms with van der Waals surface area (Å²) in [6.45, 7) is 2.08. The van der Waals surface area contributed by atoms with E-state index in [-0.39, 0.29) is 17.6 Å². The van der Waals surface area contributed by atoms with E-state index in [9.17, 15) is 9.59 Å². The predicted molar refractivity (Wildman–Crippen MR) is 53.0 cm³/mol. The first-order chi connectivity index (χ1) is 6.52. The molecule has 0 radical (unpaired) electrons. The highest BCUT2D eigenvalue weighted by atomic mass is 16.4. The van der Waals surface area contributed by atoms with Crippen LogP contribution in [0.4, 0.5) is 0 Å². The Balaban J connectivity index is 2.39. The van der Waals surface area contributed by atoms with Crippen molar-refractivity contribution >= 4 is 11.8 Å². The van der Waals surface area contributed by atoms with Gasteiger partial charge in [-0.25, -0.2) is 0 Å².